The molecule has 2 aromatic carbocycles. The Labute approximate surface area is 121 Å². The number of nitrogens with zero attached hydrogens (tertiary/aromatic N) is 1. The second-order valence-corrected chi connectivity index (χ2v) is 4.93. The van der Waals surface area contributed by atoms with Gasteiger partial charge in [-0.1, -0.05) is 23.2 Å². The van der Waals surface area contributed by atoms with Gasteiger partial charge in [-0.15, -0.1) is 0 Å². The molecule has 0 aliphatic heterocycles. The first-order chi connectivity index (χ1) is 8.99. The maximum Gasteiger partial charge on any atom is 0.258 e. The normalized spacial score (nSPS) is 10.3. The van der Waals surface area contributed by atoms with Gasteiger partial charge in [0.2, 0.25) is 0 Å². The Morgan fingerprint density at radius 2 is 1.74 bits per heavy atom. The van der Waals surface area contributed by atoms with E-state index in [2.05, 4.69) is 0 Å². The van der Waals surface area contributed by atoms with E-state index >= 15 is 0 Å². The molecule has 0 radical (unpaired) electrons. The molecule has 0 spiro atoms. The Bertz CT molecular complexity index is 611. The van der Waals surface area contributed by atoms with Crippen molar-refractivity contribution in [3.63, 3.8) is 0 Å². The van der Waals surface area contributed by atoms with Crippen molar-refractivity contribution in [2.75, 3.05) is 17.7 Å². The summed E-state index contributed by atoms with van der Waals surface area (Å²) >= 11 is 11.9. The van der Waals surface area contributed by atoms with Gasteiger partial charge in [-0.05, 0) is 42.5 Å². The van der Waals surface area contributed by atoms with E-state index in [1.54, 1.807) is 49.5 Å². The van der Waals surface area contributed by atoms with E-state index in [0.29, 0.717) is 27.0 Å². The molecule has 2 N–H and O–H groups in total. The predicted octanol–water partition coefficient (Wildman–Crippen LogP) is 3.85. The lowest BCUT2D eigenvalue weighted by Gasteiger charge is -2.19. The Morgan fingerprint density at radius 3 is 2.32 bits per heavy atom. The summed E-state index contributed by atoms with van der Waals surface area (Å²) in [5.74, 6) is -0.163. The fourth-order valence-corrected chi connectivity index (χ4v) is 2.22. The third kappa shape index (κ3) is 3.00. The first-order valence-corrected chi connectivity index (χ1v) is 6.33. The van der Waals surface area contributed by atoms with Crippen LogP contribution in [0.25, 0.3) is 0 Å². The summed E-state index contributed by atoms with van der Waals surface area (Å²) in [7, 11) is 1.66. The van der Waals surface area contributed by atoms with Gasteiger partial charge < -0.3 is 10.6 Å². The number of anilines is 2. The number of nitrogen functional groups attached to an aromatic ring is 1. The quantitative estimate of drug-likeness (QED) is 0.855. The van der Waals surface area contributed by atoms with Crippen LogP contribution in [0.2, 0.25) is 10.0 Å². The summed E-state index contributed by atoms with van der Waals surface area (Å²) in [6.07, 6.45) is 0. The van der Waals surface area contributed by atoms with Crippen LogP contribution in [0, 0.1) is 0 Å². The van der Waals surface area contributed by atoms with Crippen LogP contribution in [0.1, 0.15) is 10.4 Å². The molecule has 2 rings (SSSR count). The summed E-state index contributed by atoms with van der Waals surface area (Å²) in [4.78, 5) is 13.8. The molecule has 0 aliphatic carbocycles. The van der Waals surface area contributed by atoms with E-state index in [4.69, 9.17) is 28.9 Å². The molecule has 0 saturated carbocycles. The van der Waals surface area contributed by atoms with E-state index in [1.807, 2.05) is 0 Å². The molecule has 1 amide bonds. The summed E-state index contributed by atoms with van der Waals surface area (Å²) in [6, 6.07) is 11.7. The maximum atomic E-state index is 12.3. The van der Waals surface area contributed by atoms with Crippen LogP contribution in [0.5, 0.6) is 0 Å². The van der Waals surface area contributed by atoms with Gasteiger partial charge in [0.1, 0.15) is 0 Å². The highest BCUT2D eigenvalue weighted by Gasteiger charge is 2.15. The highest BCUT2D eigenvalue weighted by Crippen LogP contribution is 2.28. The molecule has 0 heterocycles. The summed E-state index contributed by atoms with van der Waals surface area (Å²) in [5.41, 5.74) is 7.36. The molecule has 0 aromatic heterocycles. The molecule has 0 fully saturated rings. The largest absolute Gasteiger partial charge is 0.399 e. The van der Waals surface area contributed by atoms with Crippen LogP contribution < -0.4 is 10.6 Å². The van der Waals surface area contributed by atoms with Crippen LogP contribution in [0.4, 0.5) is 11.4 Å². The van der Waals surface area contributed by atoms with E-state index in [1.165, 1.54) is 4.90 Å². The van der Waals surface area contributed by atoms with Crippen molar-refractivity contribution in [1.29, 1.82) is 0 Å². The van der Waals surface area contributed by atoms with Gasteiger partial charge in [0.25, 0.3) is 5.91 Å². The first-order valence-electron chi connectivity index (χ1n) is 5.57. The molecule has 0 unspecified atom stereocenters. The van der Waals surface area contributed by atoms with Crippen molar-refractivity contribution in [3.05, 3.63) is 58.1 Å². The van der Waals surface area contributed by atoms with Crippen LogP contribution in [-0.4, -0.2) is 13.0 Å². The van der Waals surface area contributed by atoms with Crippen LogP contribution >= 0.6 is 23.2 Å². The van der Waals surface area contributed by atoms with Crippen molar-refractivity contribution < 1.29 is 4.79 Å². The van der Waals surface area contributed by atoms with Gasteiger partial charge in [0.05, 0.1) is 10.7 Å². The lowest BCUT2D eigenvalue weighted by Crippen LogP contribution is -2.26. The lowest BCUT2D eigenvalue weighted by atomic mass is 10.1. The number of amides is 1. The zero-order valence-electron chi connectivity index (χ0n) is 10.2. The minimum Gasteiger partial charge on any atom is -0.399 e. The van der Waals surface area contributed by atoms with Crippen molar-refractivity contribution in [2.24, 2.45) is 0 Å². The molecule has 98 valence electrons. The molecule has 0 aliphatic rings. The first kappa shape index (κ1) is 13.7. The van der Waals surface area contributed by atoms with E-state index in [0.717, 1.165) is 0 Å². The number of benzene rings is 2. The smallest absolute Gasteiger partial charge is 0.258 e. The Hall–Kier alpha value is -1.71. The average Bonchev–Trinajstić information content (AvgIpc) is 2.38. The number of halogens is 2. The lowest BCUT2D eigenvalue weighted by molar-refractivity contribution is 0.0993. The molecule has 0 saturated heterocycles. The predicted molar refractivity (Wildman–Crippen MR) is 80.0 cm³/mol. The van der Waals surface area contributed by atoms with Gasteiger partial charge >= 0.3 is 0 Å². The molecular formula is C14H12Cl2N2O. The number of hydrogen-bond acceptors (Lipinski definition) is 2. The van der Waals surface area contributed by atoms with Crippen LogP contribution in [-0.2, 0) is 0 Å². The molecular weight excluding hydrogens is 283 g/mol. The number of carbonyl (C=O) groups excluding carboxylic acids is 1. The van der Waals surface area contributed by atoms with E-state index in [-0.39, 0.29) is 5.91 Å². The zero-order chi connectivity index (χ0) is 14.0. The number of rotatable bonds is 2. The minimum absolute atomic E-state index is 0.163. The molecule has 19 heavy (non-hydrogen) atoms. The third-order valence-corrected chi connectivity index (χ3v) is 3.27. The van der Waals surface area contributed by atoms with Crippen LogP contribution in [0.15, 0.2) is 42.5 Å². The fraction of sp³-hybridized carbons (Fsp3) is 0.0714. The van der Waals surface area contributed by atoms with E-state index < -0.39 is 0 Å². The van der Waals surface area contributed by atoms with Gasteiger partial charge in [0.15, 0.2) is 0 Å². The van der Waals surface area contributed by atoms with Crippen molar-refractivity contribution in [1.82, 2.24) is 0 Å². The number of hydrogen-bond donors (Lipinski definition) is 1. The van der Waals surface area contributed by atoms with Crippen molar-refractivity contribution in [2.45, 2.75) is 0 Å². The molecule has 0 bridgehead atoms. The van der Waals surface area contributed by atoms with Gasteiger partial charge in [-0.3, -0.25) is 4.79 Å². The highest BCUT2D eigenvalue weighted by atomic mass is 35.5. The third-order valence-electron chi connectivity index (χ3n) is 2.73. The Kier molecular flexibility index (Phi) is 3.98. The maximum absolute atomic E-state index is 12.3. The second kappa shape index (κ2) is 5.51. The van der Waals surface area contributed by atoms with Gasteiger partial charge in [0, 0.05) is 23.3 Å². The SMILES string of the molecule is CN(C(=O)c1ccc(N)cc1)c1ccc(Cl)cc1Cl. The summed E-state index contributed by atoms with van der Waals surface area (Å²) in [5, 5.41) is 0.959. The topological polar surface area (TPSA) is 46.3 Å². The summed E-state index contributed by atoms with van der Waals surface area (Å²) < 4.78 is 0. The zero-order valence-corrected chi connectivity index (χ0v) is 11.7. The van der Waals surface area contributed by atoms with Crippen molar-refractivity contribution in [3.8, 4) is 0 Å². The molecule has 2 aromatic rings. The minimum atomic E-state index is -0.163. The molecule has 0 atom stereocenters. The van der Waals surface area contributed by atoms with Gasteiger partial charge in [-0.2, -0.15) is 0 Å². The number of carbonyl (C=O) groups is 1. The van der Waals surface area contributed by atoms with E-state index in [9.17, 15) is 4.79 Å². The Morgan fingerprint density at radius 1 is 1.11 bits per heavy atom. The van der Waals surface area contributed by atoms with Crippen molar-refractivity contribution >= 4 is 40.5 Å². The fourth-order valence-electron chi connectivity index (χ4n) is 1.68. The number of nitrogens with two attached hydrogens (primary N) is 1. The van der Waals surface area contributed by atoms with Gasteiger partial charge in [-0.25, -0.2) is 0 Å². The standard InChI is InChI=1S/C14H12Cl2N2O/c1-18(13-7-4-10(15)8-12(13)16)14(19)9-2-5-11(17)6-3-9/h2-8H,17H2,1H3. The summed E-state index contributed by atoms with van der Waals surface area (Å²) in [6.45, 7) is 0. The Balaban J connectivity index is 2.30. The molecule has 3 nitrogen and oxygen atoms in total. The monoisotopic (exact) mass is 294 g/mol. The molecule has 5 heteroatoms. The highest BCUT2D eigenvalue weighted by molar-refractivity contribution is 6.37. The van der Waals surface area contributed by atoms with Crippen LogP contribution in [0.3, 0.4) is 0 Å². The average molecular weight is 295 g/mol. The second-order valence-electron chi connectivity index (χ2n) is 4.08.